The van der Waals surface area contributed by atoms with E-state index in [-0.39, 0.29) is 17.6 Å². The molecule has 4 aromatic carbocycles. The zero-order valence-electron chi connectivity index (χ0n) is 21.8. The molecule has 4 nitrogen and oxygen atoms in total. The highest BCUT2D eigenvalue weighted by atomic mass is 19.1. The molecule has 4 aromatic rings. The Labute approximate surface area is 223 Å². The van der Waals surface area contributed by atoms with Gasteiger partial charge in [0, 0.05) is 17.7 Å². The molecular formula is C33H32FNO3. The molecule has 0 aliphatic carbocycles. The Bertz CT molecular complexity index is 1400. The molecule has 1 heterocycles. The molecule has 1 atom stereocenters. The monoisotopic (exact) mass is 509 g/mol. The van der Waals surface area contributed by atoms with Gasteiger partial charge in [-0.15, -0.1) is 0 Å². The van der Waals surface area contributed by atoms with Gasteiger partial charge in [0.25, 0.3) is 0 Å². The fourth-order valence-electron chi connectivity index (χ4n) is 5.03. The number of carbonyl (C=O) groups is 1. The summed E-state index contributed by atoms with van der Waals surface area (Å²) in [5, 5.41) is 0. The second-order valence-electron chi connectivity index (χ2n) is 9.86. The van der Waals surface area contributed by atoms with Gasteiger partial charge in [-0.3, -0.25) is 4.79 Å². The van der Waals surface area contributed by atoms with E-state index in [0.29, 0.717) is 37.5 Å². The number of Topliss-reactive ketones (excluding diaryl/α,β-unsaturated/α-hetero) is 1. The molecule has 0 N–H and O–H groups in total. The van der Waals surface area contributed by atoms with Gasteiger partial charge in [-0.25, -0.2) is 4.39 Å². The van der Waals surface area contributed by atoms with Gasteiger partial charge in [-0.1, -0.05) is 60.7 Å². The lowest BCUT2D eigenvalue weighted by molar-refractivity contribution is -0.116. The SMILES string of the molecule is COc1ccc(F)c(-c2ccc(Cc3ccc(N4CC(=O)CC4COCc4ccccc4)cc3)c(C)c2)c1. The summed E-state index contributed by atoms with van der Waals surface area (Å²) in [5.74, 6) is 0.608. The first-order valence-corrected chi connectivity index (χ1v) is 12.9. The van der Waals surface area contributed by atoms with E-state index in [1.807, 2.05) is 42.5 Å². The van der Waals surface area contributed by atoms with E-state index in [1.54, 1.807) is 19.2 Å². The van der Waals surface area contributed by atoms with Crippen LogP contribution in [0.3, 0.4) is 0 Å². The third-order valence-corrected chi connectivity index (χ3v) is 7.16. The number of aryl methyl sites for hydroxylation is 1. The molecule has 0 spiro atoms. The standard InChI is InChI=1S/C33H32FNO3/c1-23-16-27(32-19-31(37-2)14-15-33(32)34)11-10-26(23)17-24-8-12-28(13-9-24)35-20-30(36)18-29(35)22-38-21-25-6-4-3-5-7-25/h3-16,19,29H,17-18,20-22H2,1-2H3. The van der Waals surface area contributed by atoms with E-state index in [1.165, 1.54) is 17.2 Å². The van der Waals surface area contributed by atoms with Crippen molar-refractivity contribution < 1.29 is 18.7 Å². The van der Waals surface area contributed by atoms with Crippen molar-refractivity contribution in [1.29, 1.82) is 0 Å². The summed E-state index contributed by atoms with van der Waals surface area (Å²) in [6, 6.07) is 29.4. The van der Waals surface area contributed by atoms with Crippen molar-refractivity contribution in [2.24, 2.45) is 0 Å². The van der Waals surface area contributed by atoms with E-state index in [2.05, 4.69) is 42.2 Å². The normalized spacial score (nSPS) is 15.2. The van der Waals surface area contributed by atoms with Crippen molar-refractivity contribution >= 4 is 11.5 Å². The van der Waals surface area contributed by atoms with Crippen molar-refractivity contribution in [3.8, 4) is 16.9 Å². The number of benzene rings is 4. The zero-order valence-corrected chi connectivity index (χ0v) is 21.8. The number of ether oxygens (including phenoxy) is 2. The number of nitrogens with zero attached hydrogens (tertiary/aromatic N) is 1. The van der Waals surface area contributed by atoms with Crippen molar-refractivity contribution in [3.05, 3.63) is 119 Å². The Hall–Kier alpha value is -3.96. The number of ketones is 1. The average molecular weight is 510 g/mol. The minimum Gasteiger partial charge on any atom is -0.497 e. The van der Waals surface area contributed by atoms with Crippen LogP contribution in [0.1, 0.15) is 28.7 Å². The Morgan fingerprint density at radius 3 is 2.45 bits per heavy atom. The quantitative estimate of drug-likeness (QED) is 0.250. The minimum atomic E-state index is -0.266. The lowest BCUT2D eigenvalue weighted by atomic mass is 9.95. The van der Waals surface area contributed by atoms with Crippen LogP contribution < -0.4 is 9.64 Å². The van der Waals surface area contributed by atoms with Gasteiger partial charge >= 0.3 is 0 Å². The first-order chi connectivity index (χ1) is 18.5. The van der Waals surface area contributed by atoms with Crippen LogP contribution in [0, 0.1) is 12.7 Å². The maximum Gasteiger partial charge on any atom is 0.154 e. The second-order valence-corrected chi connectivity index (χ2v) is 9.86. The number of methoxy groups -OCH3 is 1. The van der Waals surface area contributed by atoms with E-state index >= 15 is 0 Å². The van der Waals surface area contributed by atoms with Gasteiger partial charge in [-0.05, 0) is 71.5 Å². The van der Waals surface area contributed by atoms with Crippen molar-refractivity contribution in [2.45, 2.75) is 32.4 Å². The maximum atomic E-state index is 14.4. The highest BCUT2D eigenvalue weighted by Gasteiger charge is 2.30. The Morgan fingerprint density at radius 1 is 0.921 bits per heavy atom. The zero-order chi connectivity index (χ0) is 26.5. The summed E-state index contributed by atoms with van der Waals surface area (Å²) in [6.45, 7) is 3.53. The van der Waals surface area contributed by atoms with E-state index < -0.39 is 0 Å². The van der Waals surface area contributed by atoms with Crippen LogP contribution in [-0.2, 0) is 22.6 Å². The molecule has 1 fully saturated rings. The smallest absolute Gasteiger partial charge is 0.154 e. The lowest BCUT2D eigenvalue weighted by Crippen LogP contribution is -2.33. The number of carbonyl (C=O) groups excluding carboxylic acids is 1. The number of rotatable bonds is 9. The molecule has 0 aromatic heterocycles. The predicted octanol–water partition coefficient (Wildman–Crippen LogP) is 6.77. The van der Waals surface area contributed by atoms with Crippen LogP contribution in [0.4, 0.5) is 10.1 Å². The molecule has 5 heteroatoms. The highest BCUT2D eigenvalue weighted by molar-refractivity contribution is 5.88. The molecule has 5 rings (SSSR count). The van der Waals surface area contributed by atoms with E-state index in [4.69, 9.17) is 9.47 Å². The molecule has 0 amide bonds. The van der Waals surface area contributed by atoms with Crippen LogP contribution in [0.15, 0.2) is 91.0 Å². The van der Waals surface area contributed by atoms with Crippen molar-refractivity contribution in [2.75, 3.05) is 25.2 Å². The molecule has 1 saturated heterocycles. The lowest BCUT2D eigenvalue weighted by Gasteiger charge is -2.26. The fraction of sp³-hybridized carbons (Fsp3) is 0.242. The van der Waals surface area contributed by atoms with Crippen LogP contribution >= 0.6 is 0 Å². The summed E-state index contributed by atoms with van der Waals surface area (Å²) in [4.78, 5) is 14.4. The topological polar surface area (TPSA) is 38.8 Å². The van der Waals surface area contributed by atoms with Crippen molar-refractivity contribution in [1.82, 2.24) is 0 Å². The number of anilines is 1. The van der Waals surface area contributed by atoms with Crippen LogP contribution in [0.5, 0.6) is 5.75 Å². The molecular weight excluding hydrogens is 477 g/mol. The summed E-state index contributed by atoms with van der Waals surface area (Å²) in [7, 11) is 1.58. The molecule has 194 valence electrons. The summed E-state index contributed by atoms with van der Waals surface area (Å²) in [5.41, 5.74) is 7.00. The second kappa shape index (κ2) is 11.6. The first-order valence-electron chi connectivity index (χ1n) is 12.9. The van der Waals surface area contributed by atoms with Crippen LogP contribution in [0.25, 0.3) is 11.1 Å². The van der Waals surface area contributed by atoms with Gasteiger partial charge in [0.2, 0.25) is 0 Å². The first kappa shape index (κ1) is 25.7. The summed E-state index contributed by atoms with van der Waals surface area (Å²) in [6.07, 6.45) is 1.28. The highest BCUT2D eigenvalue weighted by Crippen LogP contribution is 2.30. The molecule has 1 unspecified atom stereocenters. The molecule has 38 heavy (non-hydrogen) atoms. The predicted molar refractivity (Wildman–Crippen MR) is 149 cm³/mol. The van der Waals surface area contributed by atoms with E-state index in [0.717, 1.165) is 28.8 Å². The van der Waals surface area contributed by atoms with Gasteiger partial charge < -0.3 is 14.4 Å². The number of halogens is 1. The minimum absolute atomic E-state index is 0.0452. The van der Waals surface area contributed by atoms with E-state index in [9.17, 15) is 9.18 Å². The fourth-order valence-corrected chi connectivity index (χ4v) is 5.03. The van der Waals surface area contributed by atoms with Crippen LogP contribution in [0.2, 0.25) is 0 Å². The van der Waals surface area contributed by atoms with Crippen LogP contribution in [-0.4, -0.2) is 32.1 Å². The molecule has 1 aliphatic rings. The molecule has 0 bridgehead atoms. The largest absolute Gasteiger partial charge is 0.497 e. The van der Waals surface area contributed by atoms with Gasteiger partial charge in [0.15, 0.2) is 5.78 Å². The Morgan fingerprint density at radius 2 is 1.71 bits per heavy atom. The number of hydrogen-bond acceptors (Lipinski definition) is 4. The van der Waals surface area contributed by atoms with Gasteiger partial charge in [0.1, 0.15) is 11.6 Å². The van der Waals surface area contributed by atoms with Gasteiger partial charge in [0.05, 0.1) is 32.9 Å². The van der Waals surface area contributed by atoms with Crippen molar-refractivity contribution in [3.63, 3.8) is 0 Å². The molecule has 0 saturated carbocycles. The summed E-state index contributed by atoms with van der Waals surface area (Å²) < 4.78 is 25.7. The maximum absolute atomic E-state index is 14.4. The summed E-state index contributed by atoms with van der Waals surface area (Å²) >= 11 is 0. The third kappa shape index (κ3) is 5.95. The average Bonchev–Trinajstić information content (AvgIpc) is 3.31. The molecule has 1 aliphatic heterocycles. The Kier molecular flexibility index (Phi) is 7.85. The number of hydrogen-bond donors (Lipinski definition) is 0. The third-order valence-electron chi connectivity index (χ3n) is 7.16. The molecule has 0 radical (unpaired) electrons. The van der Waals surface area contributed by atoms with Gasteiger partial charge in [-0.2, -0.15) is 0 Å². The Balaban J connectivity index is 1.24.